The van der Waals surface area contributed by atoms with Crippen LogP contribution in [0.15, 0.2) is 0 Å². The molecule has 17 heavy (non-hydrogen) atoms. The fourth-order valence-electron chi connectivity index (χ4n) is 2.70. The topological polar surface area (TPSA) is 60.8 Å². The van der Waals surface area contributed by atoms with E-state index in [0.717, 1.165) is 25.8 Å². The van der Waals surface area contributed by atoms with Crippen LogP contribution in [0.4, 0.5) is 0 Å². The maximum Gasteiger partial charge on any atom is 0.303 e. The molecule has 0 aliphatic heterocycles. The smallest absolute Gasteiger partial charge is 0.303 e. The predicted octanol–water partition coefficient (Wildman–Crippen LogP) is 1.87. The second-order valence-electron chi connectivity index (χ2n) is 5.25. The van der Waals surface area contributed by atoms with E-state index in [9.17, 15) is 9.90 Å². The first-order valence-corrected chi connectivity index (χ1v) is 6.68. The SMILES string of the molecule is CC(C)N(CCCC(=O)O)C1CCCCC1O. The monoisotopic (exact) mass is 243 g/mol. The van der Waals surface area contributed by atoms with Gasteiger partial charge in [0.1, 0.15) is 0 Å². The molecule has 0 bridgehead atoms. The minimum atomic E-state index is -0.738. The molecule has 0 aromatic rings. The van der Waals surface area contributed by atoms with Gasteiger partial charge < -0.3 is 10.2 Å². The Balaban J connectivity index is 2.48. The van der Waals surface area contributed by atoms with Crippen molar-refractivity contribution in [2.45, 2.75) is 70.6 Å². The zero-order valence-electron chi connectivity index (χ0n) is 10.9. The maximum atomic E-state index is 10.5. The molecule has 4 heteroatoms. The lowest BCUT2D eigenvalue weighted by atomic mass is 9.90. The molecule has 2 atom stereocenters. The van der Waals surface area contributed by atoms with Crippen LogP contribution < -0.4 is 0 Å². The highest BCUT2D eigenvalue weighted by molar-refractivity contribution is 5.66. The van der Waals surface area contributed by atoms with Crippen molar-refractivity contribution in [2.75, 3.05) is 6.54 Å². The van der Waals surface area contributed by atoms with Gasteiger partial charge in [-0.2, -0.15) is 0 Å². The summed E-state index contributed by atoms with van der Waals surface area (Å²) in [7, 11) is 0. The Morgan fingerprint density at radius 2 is 2.00 bits per heavy atom. The number of nitrogens with zero attached hydrogens (tertiary/aromatic N) is 1. The Bertz CT molecular complexity index is 243. The Morgan fingerprint density at radius 1 is 1.35 bits per heavy atom. The highest BCUT2D eigenvalue weighted by Crippen LogP contribution is 2.25. The van der Waals surface area contributed by atoms with E-state index in [0.29, 0.717) is 12.5 Å². The van der Waals surface area contributed by atoms with E-state index < -0.39 is 5.97 Å². The summed E-state index contributed by atoms with van der Waals surface area (Å²) in [6, 6.07) is 0.582. The van der Waals surface area contributed by atoms with Crippen molar-refractivity contribution in [3.63, 3.8) is 0 Å². The molecule has 0 amide bonds. The van der Waals surface area contributed by atoms with E-state index in [2.05, 4.69) is 18.7 Å². The number of carbonyl (C=O) groups is 1. The van der Waals surface area contributed by atoms with Gasteiger partial charge >= 0.3 is 5.97 Å². The van der Waals surface area contributed by atoms with Crippen LogP contribution >= 0.6 is 0 Å². The van der Waals surface area contributed by atoms with Crippen LogP contribution in [0.1, 0.15) is 52.4 Å². The summed E-state index contributed by atoms with van der Waals surface area (Å²) < 4.78 is 0. The second kappa shape index (κ2) is 6.97. The number of aliphatic carboxylic acids is 1. The zero-order chi connectivity index (χ0) is 12.8. The summed E-state index contributed by atoms with van der Waals surface area (Å²) in [6.07, 6.45) is 4.83. The number of hydrogen-bond donors (Lipinski definition) is 2. The van der Waals surface area contributed by atoms with Crippen LogP contribution in [0.3, 0.4) is 0 Å². The van der Waals surface area contributed by atoms with Gasteiger partial charge in [0, 0.05) is 18.5 Å². The van der Waals surface area contributed by atoms with Gasteiger partial charge in [-0.05, 0) is 39.7 Å². The van der Waals surface area contributed by atoms with Gasteiger partial charge in [-0.15, -0.1) is 0 Å². The highest BCUT2D eigenvalue weighted by Gasteiger charge is 2.29. The summed E-state index contributed by atoms with van der Waals surface area (Å²) >= 11 is 0. The van der Waals surface area contributed by atoms with Crippen LogP contribution in [0, 0.1) is 0 Å². The summed E-state index contributed by atoms with van der Waals surface area (Å²) in [5, 5.41) is 18.7. The van der Waals surface area contributed by atoms with Crippen molar-refractivity contribution in [2.24, 2.45) is 0 Å². The minimum absolute atomic E-state index is 0.214. The van der Waals surface area contributed by atoms with E-state index in [1.54, 1.807) is 0 Å². The fourth-order valence-corrected chi connectivity index (χ4v) is 2.70. The lowest BCUT2D eigenvalue weighted by Gasteiger charge is -2.40. The molecule has 0 radical (unpaired) electrons. The molecule has 0 spiro atoms. The van der Waals surface area contributed by atoms with Crippen LogP contribution in [0.2, 0.25) is 0 Å². The minimum Gasteiger partial charge on any atom is -0.481 e. The summed E-state index contributed by atoms with van der Waals surface area (Å²) in [6.45, 7) is 5.00. The van der Waals surface area contributed by atoms with Crippen LogP contribution in [-0.4, -0.2) is 45.8 Å². The lowest BCUT2D eigenvalue weighted by molar-refractivity contribution is -0.137. The van der Waals surface area contributed by atoms with E-state index in [1.165, 1.54) is 6.42 Å². The number of aliphatic hydroxyl groups is 1. The van der Waals surface area contributed by atoms with E-state index >= 15 is 0 Å². The molecule has 2 unspecified atom stereocenters. The zero-order valence-corrected chi connectivity index (χ0v) is 10.9. The molecule has 100 valence electrons. The Kier molecular flexibility index (Phi) is 5.92. The van der Waals surface area contributed by atoms with E-state index in [-0.39, 0.29) is 18.6 Å². The van der Waals surface area contributed by atoms with Gasteiger partial charge in [0.25, 0.3) is 0 Å². The van der Waals surface area contributed by atoms with Crippen molar-refractivity contribution in [3.05, 3.63) is 0 Å². The Hall–Kier alpha value is -0.610. The van der Waals surface area contributed by atoms with Gasteiger partial charge in [-0.25, -0.2) is 0 Å². The number of rotatable bonds is 6. The molecule has 0 heterocycles. The quantitative estimate of drug-likeness (QED) is 0.747. The molecule has 4 nitrogen and oxygen atoms in total. The van der Waals surface area contributed by atoms with Crippen molar-refractivity contribution in [1.29, 1.82) is 0 Å². The van der Waals surface area contributed by atoms with Crippen molar-refractivity contribution < 1.29 is 15.0 Å². The van der Waals surface area contributed by atoms with Crippen molar-refractivity contribution in [3.8, 4) is 0 Å². The standard InChI is InChI=1S/C13H25NO3/c1-10(2)14(9-5-8-13(16)17)11-6-3-4-7-12(11)15/h10-12,15H,3-9H2,1-2H3,(H,16,17). The molecular formula is C13H25NO3. The molecule has 1 aliphatic rings. The normalized spacial score (nSPS) is 25.5. The van der Waals surface area contributed by atoms with E-state index in [1.807, 2.05) is 0 Å². The molecular weight excluding hydrogens is 218 g/mol. The highest BCUT2D eigenvalue weighted by atomic mass is 16.4. The molecule has 2 N–H and O–H groups in total. The van der Waals surface area contributed by atoms with Gasteiger partial charge in [-0.1, -0.05) is 12.8 Å². The predicted molar refractivity (Wildman–Crippen MR) is 67.0 cm³/mol. The average Bonchev–Trinajstić information content (AvgIpc) is 2.25. The fraction of sp³-hybridized carbons (Fsp3) is 0.923. The van der Waals surface area contributed by atoms with E-state index in [4.69, 9.17) is 5.11 Å². The number of carboxylic acid groups (broad SMARTS) is 1. The first-order chi connectivity index (χ1) is 8.02. The summed E-state index contributed by atoms with van der Waals surface area (Å²) in [5.74, 6) is -0.738. The molecule has 1 aliphatic carbocycles. The van der Waals surface area contributed by atoms with Gasteiger partial charge in [0.05, 0.1) is 6.10 Å². The summed E-state index contributed by atoms with van der Waals surface area (Å²) in [4.78, 5) is 12.8. The molecule has 0 aromatic carbocycles. The van der Waals surface area contributed by atoms with Crippen molar-refractivity contribution >= 4 is 5.97 Å². The summed E-state index contributed by atoms with van der Waals surface area (Å²) in [5.41, 5.74) is 0. The molecule has 1 fully saturated rings. The van der Waals surface area contributed by atoms with Gasteiger partial charge in [0.15, 0.2) is 0 Å². The van der Waals surface area contributed by atoms with Crippen LogP contribution in [-0.2, 0) is 4.79 Å². The third kappa shape index (κ3) is 4.64. The third-order valence-corrected chi connectivity index (χ3v) is 3.59. The third-order valence-electron chi connectivity index (χ3n) is 3.59. The van der Waals surface area contributed by atoms with Crippen molar-refractivity contribution in [1.82, 2.24) is 4.90 Å². The van der Waals surface area contributed by atoms with Gasteiger partial charge in [-0.3, -0.25) is 9.69 Å². The lowest BCUT2D eigenvalue weighted by Crippen LogP contribution is -2.49. The molecule has 1 saturated carbocycles. The van der Waals surface area contributed by atoms with Crippen LogP contribution in [0.5, 0.6) is 0 Å². The Labute approximate surface area is 104 Å². The maximum absolute atomic E-state index is 10.5. The number of carboxylic acids is 1. The Morgan fingerprint density at radius 3 is 2.53 bits per heavy atom. The molecule has 0 aromatic heterocycles. The molecule has 1 rings (SSSR count). The largest absolute Gasteiger partial charge is 0.481 e. The number of hydrogen-bond acceptors (Lipinski definition) is 3. The average molecular weight is 243 g/mol. The van der Waals surface area contributed by atoms with Gasteiger partial charge in [0.2, 0.25) is 0 Å². The molecule has 0 saturated heterocycles. The first-order valence-electron chi connectivity index (χ1n) is 6.68. The van der Waals surface area contributed by atoms with Crippen LogP contribution in [0.25, 0.3) is 0 Å². The second-order valence-corrected chi connectivity index (χ2v) is 5.25. The number of aliphatic hydroxyl groups excluding tert-OH is 1. The first kappa shape index (κ1) is 14.5.